The normalized spacial score (nSPS) is 9.79. The maximum Gasteiger partial charge on any atom is 0.312 e. The third kappa shape index (κ3) is 3.09. The van der Waals surface area contributed by atoms with Crippen LogP contribution in [-0.2, 0) is 16.0 Å². The van der Waals surface area contributed by atoms with Crippen molar-refractivity contribution in [2.75, 3.05) is 5.32 Å². The first-order valence-corrected chi connectivity index (χ1v) is 4.77. The molecule has 0 fully saturated rings. The Kier molecular flexibility index (Phi) is 3.52. The fourth-order valence-electron chi connectivity index (χ4n) is 0.748. The van der Waals surface area contributed by atoms with E-state index in [2.05, 4.69) is 15.5 Å². The molecule has 0 aliphatic heterocycles. The van der Waals surface area contributed by atoms with E-state index in [-0.39, 0.29) is 0 Å². The highest BCUT2D eigenvalue weighted by Crippen LogP contribution is 2.15. The molecule has 0 aliphatic rings. The van der Waals surface area contributed by atoms with Gasteiger partial charge in [0.1, 0.15) is 11.4 Å². The van der Waals surface area contributed by atoms with Crippen molar-refractivity contribution in [3.63, 3.8) is 0 Å². The Morgan fingerprint density at radius 3 is 2.71 bits per heavy atom. The molecule has 76 valence electrons. The first kappa shape index (κ1) is 10.6. The maximum absolute atomic E-state index is 11.0. The van der Waals surface area contributed by atoms with Crippen LogP contribution in [-0.4, -0.2) is 27.2 Å². The van der Waals surface area contributed by atoms with Gasteiger partial charge in [-0.3, -0.25) is 9.59 Å². The van der Waals surface area contributed by atoms with Gasteiger partial charge in [-0.1, -0.05) is 18.3 Å². The molecule has 0 bridgehead atoms. The van der Waals surface area contributed by atoms with Crippen LogP contribution in [0.3, 0.4) is 0 Å². The van der Waals surface area contributed by atoms with Gasteiger partial charge in [0.25, 0.3) is 0 Å². The highest BCUT2D eigenvalue weighted by Gasteiger charge is 2.10. The number of hydrogen-bond acceptors (Lipinski definition) is 5. The highest BCUT2D eigenvalue weighted by molar-refractivity contribution is 7.15. The number of aromatic nitrogens is 2. The Labute approximate surface area is 84.0 Å². The van der Waals surface area contributed by atoms with E-state index in [0.29, 0.717) is 5.13 Å². The van der Waals surface area contributed by atoms with Crippen molar-refractivity contribution in [2.45, 2.75) is 19.8 Å². The fourth-order valence-corrected chi connectivity index (χ4v) is 1.44. The van der Waals surface area contributed by atoms with Crippen LogP contribution in [0.1, 0.15) is 18.4 Å². The number of hydrogen-bond donors (Lipinski definition) is 2. The molecule has 0 unspecified atom stereocenters. The molecule has 1 aromatic heterocycles. The molecule has 0 radical (unpaired) electrons. The Bertz CT molecular complexity index is 350. The van der Waals surface area contributed by atoms with Crippen molar-refractivity contribution in [2.24, 2.45) is 0 Å². The summed E-state index contributed by atoms with van der Waals surface area (Å²) in [5.41, 5.74) is 0. The van der Waals surface area contributed by atoms with Gasteiger partial charge in [-0.15, -0.1) is 10.2 Å². The van der Waals surface area contributed by atoms with Crippen LogP contribution in [0, 0.1) is 0 Å². The van der Waals surface area contributed by atoms with Gasteiger partial charge < -0.3 is 10.4 Å². The zero-order valence-corrected chi connectivity index (χ0v) is 8.30. The minimum atomic E-state index is -1.16. The molecule has 0 aromatic carbocycles. The Hall–Kier alpha value is -1.50. The van der Waals surface area contributed by atoms with E-state index < -0.39 is 18.3 Å². The summed E-state index contributed by atoms with van der Waals surface area (Å²) in [6.45, 7) is 1.92. The predicted molar refractivity (Wildman–Crippen MR) is 50.2 cm³/mol. The Morgan fingerprint density at radius 1 is 1.50 bits per heavy atom. The number of nitrogens with one attached hydrogen (secondary N) is 1. The molecule has 6 nitrogen and oxygen atoms in total. The van der Waals surface area contributed by atoms with Crippen molar-refractivity contribution in [3.05, 3.63) is 5.01 Å². The lowest BCUT2D eigenvalue weighted by Gasteiger charge is -1.95. The van der Waals surface area contributed by atoms with Crippen molar-refractivity contribution < 1.29 is 14.7 Å². The monoisotopic (exact) mass is 215 g/mol. The van der Waals surface area contributed by atoms with Crippen LogP contribution in [0.25, 0.3) is 0 Å². The van der Waals surface area contributed by atoms with Gasteiger partial charge in [-0.2, -0.15) is 0 Å². The van der Waals surface area contributed by atoms with Gasteiger partial charge in [-0.05, 0) is 6.42 Å². The second kappa shape index (κ2) is 4.66. The summed E-state index contributed by atoms with van der Waals surface area (Å²) in [7, 11) is 0. The van der Waals surface area contributed by atoms with Crippen molar-refractivity contribution >= 4 is 28.3 Å². The predicted octanol–water partition coefficient (Wildman–Crippen LogP) is 0.514. The fraction of sp³-hybridized carbons (Fsp3) is 0.429. The zero-order valence-electron chi connectivity index (χ0n) is 7.48. The third-order valence-corrected chi connectivity index (χ3v) is 2.31. The molecule has 0 spiro atoms. The third-order valence-electron chi connectivity index (χ3n) is 1.33. The average Bonchev–Trinajstić information content (AvgIpc) is 2.50. The molecule has 2 N–H and O–H groups in total. The smallest absolute Gasteiger partial charge is 0.312 e. The summed E-state index contributed by atoms with van der Waals surface area (Å²) in [4.78, 5) is 21.1. The van der Waals surface area contributed by atoms with Crippen LogP contribution in [0.5, 0.6) is 0 Å². The Balaban J connectivity index is 2.51. The number of nitrogens with zero attached hydrogens (tertiary/aromatic N) is 2. The van der Waals surface area contributed by atoms with Crippen molar-refractivity contribution in [1.82, 2.24) is 10.2 Å². The van der Waals surface area contributed by atoms with Crippen LogP contribution >= 0.6 is 11.3 Å². The average molecular weight is 215 g/mol. The number of carbonyl (C=O) groups excluding carboxylic acids is 1. The summed E-state index contributed by atoms with van der Waals surface area (Å²) < 4.78 is 0. The largest absolute Gasteiger partial charge is 0.481 e. The molecule has 0 saturated carbocycles. The van der Waals surface area contributed by atoms with Gasteiger partial charge in [-0.25, -0.2) is 0 Å². The number of amides is 1. The number of rotatable bonds is 4. The number of anilines is 1. The topological polar surface area (TPSA) is 92.2 Å². The lowest BCUT2D eigenvalue weighted by atomic mass is 10.4. The molecule has 1 heterocycles. The highest BCUT2D eigenvalue weighted by atomic mass is 32.1. The van der Waals surface area contributed by atoms with Gasteiger partial charge in [0.15, 0.2) is 0 Å². The second-order valence-corrected chi connectivity index (χ2v) is 3.54. The number of carbonyl (C=O) groups is 2. The quantitative estimate of drug-likeness (QED) is 0.714. The van der Waals surface area contributed by atoms with E-state index in [9.17, 15) is 9.59 Å². The molecule has 1 amide bonds. The lowest BCUT2D eigenvalue weighted by Crippen LogP contribution is -2.15. The second-order valence-electron chi connectivity index (χ2n) is 2.47. The first-order chi connectivity index (χ1) is 6.61. The van der Waals surface area contributed by atoms with E-state index in [1.807, 2.05) is 6.92 Å². The van der Waals surface area contributed by atoms with E-state index in [1.165, 1.54) is 11.3 Å². The molecule has 0 atom stereocenters. The standard InChI is InChI=1S/C7H9N3O3S/c1-2-5-9-10-7(14-5)8-4(11)3-6(12)13/h2-3H2,1H3,(H,12,13)(H,8,10,11). The summed E-state index contributed by atoms with van der Waals surface area (Å²) in [6, 6.07) is 0. The minimum Gasteiger partial charge on any atom is -0.481 e. The van der Waals surface area contributed by atoms with Crippen LogP contribution < -0.4 is 5.32 Å². The molecule has 0 aliphatic carbocycles. The van der Waals surface area contributed by atoms with Crippen LogP contribution in [0.2, 0.25) is 0 Å². The lowest BCUT2D eigenvalue weighted by molar-refractivity contribution is -0.139. The minimum absolute atomic E-state index is 0.341. The maximum atomic E-state index is 11.0. The zero-order chi connectivity index (χ0) is 10.6. The van der Waals surface area contributed by atoms with E-state index >= 15 is 0 Å². The molecule has 0 saturated heterocycles. The molecule has 14 heavy (non-hydrogen) atoms. The van der Waals surface area contributed by atoms with Gasteiger partial charge >= 0.3 is 5.97 Å². The number of carboxylic acids is 1. The van der Waals surface area contributed by atoms with Gasteiger partial charge in [0.05, 0.1) is 0 Å². The first-order valence-electron chi connectivity index (χ1n) is 3.96. The van der Waals surface area contributed by atoms with Crippen molar-refractivity contribution in [1.29, 1.82) is 0 Å². The molecular weight excluding hydrogens is 206 g/mol. The number of carboxylic acid groups (broad SMARTS) is 1. The molecule has 7 heteroatoms. The molecular formula is C7H9N3O3S. The van der Waals surface area contributed by atoms with Crippen molar-refractivity contribution in [3.8, 4) is 0 Å². The molecule has 1 rings (SSSR count). The summed E-state index contributed by atoms with van der Waals surface area (Å²) in [5.74, 6) is -1.75. The van der Waals surface area contributed by atoms with E-state index in [0.717, 1.165) is 11.4 Å². The number of aryl methyl sites for hydroxylation is 1. The van der Waals surface area contributed by atoms with E-state index in [1.54, 1.807) is 0 Å². The van der Waals surface area contributed by atoms with Gasteiger partial charge in [0, 0.05) is 0 Å². The van der Waals surface area contributed by atoms with Crippen LogP contribution in [0.15, 0.2) is 0 Å². The summed E-state index contributed by atoms with van der Waals surface area (Å²) in [5, 5.41) is 19.3. The Morgan fingerprint density at radius 2 is 2.21 bits per heavy atom. The number of aliphatic carboxylic acids is 1. The van der Waals surface area contributed by atoms with Crippen LogP contribution in [0.4, 0.5) is 5.13 Å². The summed E-state index contributed by atoms with van der Waals surface area (Å²) >= 11 is 1.24. The van der Waals surface area contributed by atoms with E-state index in [4.69, 9.17) is 5.11 Å². The molecule has 1 aromatic rings. The summed E-state index contributed by atoms with van der Waals surface area (Å²) in [6.07, 6.45) is 0.188. The van der Waals surface area contributed by atoms with Gasteiger partial charge in [0.2, 0.25) is 11.0 Å². The SMILES string of the molecule is CCc1nnc(NC(=O)CC(=O)O)s1.